The number of aliphatic carboxylic acids is 1. The highest BCUT2D eigenvalue weighted by Crippen LogP contribution is 2.13. The highest BCUT2D eigenvalue weighted by Gasteiger charge is 2.24. The number of carboxylic acid groups (broad SMARTS) is 1. The fraction of sp³-hybridized carbons (Fsp3) is 0.850. The van der Waals surface area contributed by atoms with Crippen LogP contribution in [0.1, 0.15) is 67.2 Å². The van der Waals surface area contributed by atoms with Crippen LogP contribution >= 0.6 is 0 Å². The van der Waals surface area contributed by atoms with E-state index in [1.807, 2.05) is 0 Å². The van der Waals surface area contributed by atoms with E-state index in [1.165, 1.54) is 4.90 Å². The van der Waals surface area contributed by atoms with Gasteiger partial charge in [0.05, 0.1) is 6.42 Å². The molecular formula is C20H37N5O6. The van der Waals surface area contributed by atoms with Crippen LogP contribution in [0.5, 0.6) is 0 Å². The Balaban J connectivity index is 4.84. The van der Waals surface area contributed by atoms with E-state index in [4.69, 9.17) is 20.1 Å². The second-order valence-corrected chi connectivity index (χ2v) is 9.09. The maximum atomic E-state index is 12.4. The normalized spacial score (nSPS) is 11.3. The summed E-state index contributed by atoms with van der Waals surface area (Å²) in [4.78, 5) is 41.3. The highest BCUT2D eigenvalue weighted by atomic mass is 16.6. The van der Waals surface area contributed by atoms with Gasteiger partial charge in [0, 0.05) is 37.6 Å². The first-order valence-corrected chi connectivity index (χ1v) is 10.4. The summed E-state index contributed by atoms with van der Waals surface area (Å²) in [5.74, 6) is -0.996. The summed E-state index contributed by atoms with van der Waals surface area (Å²) in [6.07, 6.45) is 0.437. The van der Waals surface area contributed by atoms with Gasteiger partial charge in [-0.15, -0.1) is 0 Å². The second-order valence-electron chi connectivity index (χ2n) is 9.09. The van der Waals surface area contributed by atoms with Crippen molar-refractivity contribution in [1.82, 2.24) is 9.80 Å². The van der Waals surface area contributed by atoms with Crippen LogP contribution in [0.3, 0.4) is 0 Å². The summed E-state index contributed by atoms with van der Waals surface area (Å²) in [5.41, 5.74) is 7.07. The lowest BCUT2D eigenvalue weighted by atomic mass is 10.2. The maximum absolute atomic E-state index is 12.4. The summed E-state index contributed by atoms with van der Waals surface area (Å²) < 4.78 is 10.8. The number of carbonyl (C=O) groups is 3. The van der Waals surface area contributed by atoms with Crippen molar-refractivity contribution in [3.8, 4) is 0 Å². The Hall–Kier alpha value is -2.68. The minimum atomic E-state index is -0.996. The third-order valence-electron chi connectivity index (χ3n) is 3.75. The molecule has 0 radical (unpaired) electrons. The monoisotopic (exact) mass is 443 g/mol. The molecule has 0 aromatic rings. The second kappa shape index (κ2) is 13.6. The maximum Gasteiger partial charge on any atom is 0.410 e. The molecule has 0 atom stereocenters. The molecule has 0 saturated heterocycles. The highest BCUT2D eigenvalue weighted by molar-refractivity contribution is 5.71. The van der Waals surface area contributed by atoms with Crippen molar-refractivity contribution in [3.63, 3.8) is 0 Å². The van der Waals surface area contributed by atoms with Gasteiger partial charge >= 0.3 is 18.2 Å². The van der Waals surface area contributed by atoms with Gasteiger partial charge in [0.15, 0.2) is 0 Å². The topological polar surface area (TPSA) is 145 Å². The van der Waals surface area contributed by atoms with Crippen molar-refractivity contribution >= 4 is 18.2 Å². The molecule has 0 saturated carbocycles. The number of carboxylic acids is 1. The number of azide groups is 1. The molecule has 0 spiro atoms. The van der Waals surface area contributed by atoms with Gasteiger partial charge in [-0.05, 0) is 66.3 Å². The van der Waals surface area contributed by atoms with Crippen molar-refractivity contribution in [1.29, 1.82) is 0 Å². The Labute approximate surface area is 184 Å². The van der Waals surface area contributed by atoms with Gasteiger partial charge < -0.3 is 24.4 Å². The first-order chi connectivity index (χ1) is 14.2. The molecule has 0 unspecified atom stereocenters. The predicted molar refractivity (Wildman–Crippen MR) is 116 cm³/mol. The van der Waals surface area contributed by atoms with Crippen LogP contribution in [-0.4, -0.2) is 77.0 Å². The molecule has 0 fully saturated rings. The number of rotatable bonds is 12. The van der Waals surface area contributed by atoms with Crippen LogP contribution in [0.25, 0.3) is 10.4 Å². The predicted octanol–water partition coefficient (Wildman–Crippen LogP) is 4.42. The van der Waals surface area contributed by atoms with E-state index in [9.17, 15) is 14.4 Å². The molecule has 11 heteroatoms. The molecule has 0 bridgehead atoms. The average molecular weight is 444 g/mol. The summed E-state index contributed by atoms with van der Waals surface area (Å²) in [5, 5.41) is 12.4. The molecule has 2 amide bonds. The lowest BCUT2D eigenvalue weighted by Crippen LogP contribution is -2.40. The van der Waals surface area contributed by atoms with Crippen molar-refractivity contribution in [2.45, 2.75) is 78.4 Å². The molecule has 178 valence electrons. The van der Waals surface area contributed by atoms with Crippen molar-refractivity contribution in [3.05, 3.63) is 10.4 Å². The van der Waals surface area contributed by atoms with E-state index in [0.717, 1.165) is 0 Å². The molecule has 0 aromatic heterocycles. The average Bonchev–Trinajstić information content (AvgIpc) is 2.59. The van der Waals surface area contributed by atoms with Gasteiger partial charge in [0.2, 0.25) is 0 Å². The van der Waals surface area contributed by atoms with E-state index in [1.54, 1.807) is 46.4 Å². The molecule has 0 rings (SSSR count). The Bertz CT molecular complexity index is 635. The number of nitrogens with zero attached hydrogens (tertiary/aromatic N) is 5. The molecule has 31 heavy (non-hydrogen) atoms. The summed E-state index contributed by atoms with van der Waals surface area (Å²) in [6, 6.07) is 0. The van der Waals surface area contributed by atoms with Gasteiger partial charge in [0.25, 0.3) is 0 Å². The third-order valence-corrected chi connectivity index (χ3v) is 3.75. The lowest BCUT2D eigenvalue weighted by molar-refractivity contribution is -0.137. The molecule has 0 aliphatic rings. The number of carbonyl (C=O) groups excluding carboxylic acids is 2. The molecule has 0 aliphatic heterocycles. The molecule has 0 aromatic carbocycles. The Kier molecular flexibility index (Phi) is 12.4. The molecule has 0 heterocycles. The quantitative estimate of drug-likeness (QED) is 0.204. The largest absolute Gasteiger partial charge is 0.481 e. The zero-order valence-electron chi connectivity index (χ0n) is 19.6. The van der Waals surface area contributed by atoms with E-state index in [0.29, 0.717) is 38.9 Å². The molecular weight excluding hydrogens is 406 g/mol. The van der Waals surface area contributed by atoms with E-state index >= 15 is 0 Å². The number of ether oxygens (including phenoxy) is 2. The number of hydrogen-bond acceptors (Lipinski definition) is 6. The Morgan fingerprint density at radius 2 is 1.26 bits per heavy atom. The van der Waals surface area contributed by atoms with Gasteiger partial charge in [0.1, 0.15) is 11.2 Å². The number of unbranched alkanes of at least 4 members (excludes halogenated alkanes) is 1. The van der Waals surface area contributed by atoms with E-state index < -0.39 is 29.4 Å². The SMILES string of the molecule is CC(C)(C)OC(=O)N(CCCCN(CCC(=O)O)C(=O)OC(C)(C)C)CCCN=[N+]=[N-]. The zero-order chi connectivity index (χ0) is 24.1. The van der Waals surface area contributed by atoms with E-state index in [-0.39, 0.29) is 19.5 Å². The minimum absolute atomic E-state index is 0.0478. The van der Waals surface area contributed by atoms with Crippen LogP contribution < -0.4 is 0 Å². The standard InChI is InChI=1S/C20H37N5O6/c1-19(2,3)30-17(28)24(14-9-11-22-23-21)12-7-8-13-25(15-10-16(26)27)18(29)31-20(4,5)6/h7-15H2,1-6H3,(H,26,27). The van der Waals surface area contributed by atoms with Gasteiger partial charge in [-0.2, -0.15) is 0 Å². The van der Waals surface area contributed by atoms with Crippen molar-refractivity contribution in [2.24, 2.45) is 5.11 Å². The summed E-state index contributed by atoms with van der Waals surface area (Å²) in [7, 11) is 0. The van der Waals surface area contributed by atoms with Crippen LogP contribution in [0, 0.1) is 0 Å². The number of hydrogen-bond donors (Lipinski definition) is 1. The molecule has 0 aliphatic carbocycles. The lowest BCUT2D eigenvalue weighted by Gasteiger charge is -2.28. The number of amides is 2. The fourth-order valence-electron chi connectivity index (χ4n) is 2.45. The van der Waals surface area contributed by atoms with Gasteiger partial charge in [-0.25, -0.2) is 9.59 Å². The van der Waals surface area contributed by atoms with Crippen molar-refractivity contribution < 1.29 is 29.0 Å². The van der Waals surface area contributed by atoms with Crippen LogP contribution in [0.4, 0.5) is 9.59 Å². The fourth-order valence-corrected chi connectivity index (χ4v) is 2.45. The van der Waals surface area contributed by atoms with Gasteiger partial charge in [-0.1, -0.05) is 5.11 Å². The Morgan fingerprint density at radius 1 is 0.839 bits per heavy atom. The molecule has 11 nitrogen and oxygen atoms in total. The van der Waals surface area contributed by atoms with E-state index in [2.05, 4.69) is 10.0 Å². The summed E-state index contributed by atoms with van der Waals surface area (Å²) in [6.45, 7) is 12.0. The van der Waals surface area contributed by atoms with Crippen LogP contribution in [-0.2, 0) is 14.3 Å². The first-order valence-electron chi connectivity index (χ1n) is 10.4. The molecule has 1 N–H and O–H groups in total. The van der Waals surface area contributed by atoms with Crippen LogP contribution in [0.2, 0.25) is 0 Å². The third kappa shape index (κ3) is 15.8. The Morgan fingerprint density at radius 3 is 1.65 bits per heavy atom. The zero-order valence-corrected chi connectivity index (χ0v) is 19.6. The smallest absolute Gasteiger partial charge is 0.410 e. The van der Waals surface area contributed by atoms with Crippen LogP contribution in [0.15, 0.2) is 5.11 Å². The minimum Gasteiger partial charge on any atom is -0.481 e. The first kappa shape index (κ1) is 28.3. The van der Waals surface area contributed by atoms with Crippen molar-refractivity contribution in [2.75, 3.05) is 32.7 Å². The summed E-state index contributed by atoms with van der Waals surface area (Å²) >= 11 is 0. The van der Waals surface area contributed by atoms with Gasteiger partial charge in [-0.3, -0.25) is 4.79 Å².